The Morgan fingerprint density at radius 2 is 1.66 bits per heavy atom. The quantitative estimate of drug-likeness (QED) is 0.282. The number of hydrogen-bond donors (Lipinski definition) is 2. The average Bonchev–Trinajstić information content (AvgIpc) is 3.06. The predicted molar refractivity (Wildman–Crippen MR) is 136 cm³/mol. The van der Waals surface area contributed by atoms with E-state index < -0.39 is 17.7 Å². The van der Waals surface area contributed by atoms with Crippen LogP contribution in [0.2, 0.25) is 0 Å². The molecule has 180 valence electrons. The minimum Gasteiger partial charge on any atom is -0.507 e. The number of carbonyl (C=O) groups excluding carboxylic acids is 2. The number of hydrogen-bond acceptors (Lipinski definition) is 5. The van der Waals surface area contributed by atoms with Crippen LogP contribution in [0, 0.1) is 20.8 Å². The summed E-state index contributed by atoms with van der Waals surface area (Å²) in [6.07, 6.45) is -0.0122. The summed E-state index contributed by atoms with van der Waals surface area (Å²) in [6.45, 7) is 9.46. The topological polar surface area (TPSA) is 87.1 Å². The monoisotopic (exact) mass is 471 g/mol. The number of ether oxygens (including phenoxy) is 1. The Morgan fingerprint density at radius 3 is 2.31 bits per heavy atom. The Morgan fingerprint density at radius 1 is 0.943 bits per heavy atom. The highest BCUT2D eigenvalue weighted by Crippen LogP contribution is 2.45. The second-order valence-corrected chi connectivity index (χ2v) is 9.22. The molecule has 1 atom stereocenters. The van der Waals surface area contributed by atoms with Gasteiger partial charge in [-0.3, -0.25) is 14.5 Å². The van der Waals surface area contributed by atoms with Gasteiger partial charge in [-0.2, -0.15) is 0 Å². The van der Waals surface area contributed by atoms with E-state index in [0.29, 0.717) is 16.9 Å². The third kappa shape index (κ3) is 4.52. The van der Waals surface area contributed by atoms with E-state index in [-0.39, 0.29) is 28.9 Å². The standard InChI is InChI=1S/C29H29NO5/c1-16(2)35-24-12-10-21(15-19(24)5)27(32)25-26(20-8-6-7-17(3)13-20)30(29(34)28(25)33)22-14-18(4)9-11-23(22)31/h6-16,26,31-32H,1-5H3/b27-25-. The molecule has 0 radical (unpaired) electrons. The molecule has 1 unspecified atom stereocenters. The SMILES string of the molecule is Cc1cccc(C2/C(=C(/O)c3ccc(OC(C)C)c(C)c3)C(=O)C(=O)N2c2cc(C)ccc2O)c1. The third-order valence-corrected chi connectivity index (χ3v) is 6.00. The molecular weight excluding hydrogens is 442 g/mol. The van der Waals surface area contributed by atoms with Crippen LogP contribution >= 0.6 is 0 Å². The highest BCUT2D eigenvalue weighted by Gasteiger charge is 2.47. The number of aliphatic hydroxyl groups is 1. The Bertz CT molecular complexity index is 1350. The maximum absolute atomic E-state index is 13.4. The molecule has 6 heteroatoms. The van der Waals surface area contributed by atoms with Crippen LogP contribution in [0.15, 0.2) is 66.2 Å². The number of aromatic hydroxyl groups is 1. The van der Waals surface area contributed by atoms with Gasteiger partial charge in [-0.15, -0.1) is 0 Å². The number of benzene rings is 3. The molecule has 1 aliphatic rings. The first kappa shape index (κ1) is 24.1. The summed E-state index contributed by atoms with van der Waals surface area (Å²) in [5, 5.41) is 22.0. The van der Waals surface area contributed by atoms with Gasteiger partial charge in [0, 0.05) is 5.56 Å². The zero-order chi connectivity index (χ0) is 25.4. The number of anilines is 1. The number of ketones is 1. The second kappa shape index (κ2) is 9.29. The summed E-state index contributed by atoms with van der Waals surface area (Å²) in [4.78, 5) is 27.9. The maximum atomic E-state index is 13.4. The van der Waals surface area contributed by atoms with Gasteiger partial charge in [-0.25, -0.2) is 0 Å². The van der Waals surface area contributed by atoms with Gasteiger partial charge < -0.3 is 14.9 Å². The molecule has 0 saturated carbocycles. The van der Waals surface area contributed by atoms with Crippen molar-refractivity contribution in [2.24, 2.45) is 0 Å². The normalized spacial score (nSPS) is 17.3. The number of aliphatic hydroxyl groups excluding tert-OH is 1. The summed E-state index contributed by atoms with van der Waals surface area (Å²) < 4.78 is 5.79. The predicted octanol–water partition coefficient (Wildman–Crippen LogP) is 5.73. The highest BCUT2D eigenvalue weighted by atomic mass is 16.5. The van der Waals surface area contributed by atoms with Crippen LogP contribution in [0.3, 0.4) is 0 Å². The molecule has 0 aliphatic carbocycles. The molecule has 3 aromatic rings. The number of phenols is 1. The Labute approximate surface area is 205 Å². The fourth-order valence-electron chi connectivity index (χ4n) is 4.40. The lowest BCUT2D eigenvalue weighted by atomic mass is 9.93. The molecule has 4 rings (SSSR count). The lowest BCUT2D eigenvalue weighted by Gasteiger charge is -2.26. The highest BCUT2D eigenvalue weighted by molar-refractivity contribution is 6.52. The zero-order valence-electron chi connectivity index (χ0n) is 20.5. The smallest absolute Gasteiger partial charge is 0.300 e. The Balaban J connectivity index is 1.93. The average molecular weight is 472 g/mol. The Kier molecular flexibility index (Phi) is 6.39. The maximum Gasteiger partial charge on any atom is 0.300 e. The van der Waals surface area contributed by atoms with Crippen molar-refractivity contribution >= 4 is 23.1 Å². The first-order chi connectivity index (χ1) is 16.6. The van der Waals surface area contributed by atoms with Gasteiger partial charge in [0.25, 0.3) is 11.7 Å². The molecule has 1 aliphatic heterocycles. The van der Waals surface area contributed by atoms with Gasteiger partial charge >= 0.3 is 0 Å². The van der Waals surface area contributed by atoms with E-state index in [1.807, 2.05) is 58.9 Å². The van der Waals surface area contributed by atoms with Crippen LogP contribution in [-0.4, -0.2) is 28.0 Å². The van der Waals surface area contributed by atoms with Crippen molar-refractivity contribution < 1.29 is 24.5 Å². The van der Waals surface area contributed by atoms with Crippen molar-refractivity contribution in [2.75, 3.05) is 4.90 Å². The first-order valence-corrected chi connectivity index (χ1v) is 11.5. The lowest BCUT2D eigenvalue weighted by Crippen LogP contribution is -2.29. The fraction of sp³-hybridized carbons (Fsp3) is 0.241. The van der Waals surface area contributed by atoms with Gasteiger partial charge in [0.1, 0.15) is 17.3 Å². The molecule has 1 saturated heterocycles. The third-order valence-electron chi connectivity index (χ3n) is 6.00. The molecule has 0 bridgehead atoms. The summed E-state index contributed by atoms with van der Waals surface area (Å²) >= 11 is 0. The van der Waals surface area contributed by atoms with Crippen molar-refractivity contribution in [2.45, 2.75) is 46.8 Å². The summed E-state index contributed by atoms with van der Waals surface area (Å²) in [6, 6.07) is 16.5. The molecule has 1 fully saturated rings. The molecule has 2 N–H and O–H groups in total. The molecule has 0 aromatic heterocycles. The van der Waals surface area contributed by atoms with E-state index in [0.717, 1.165) is 16.7 Å². The van der Waals surface area contributed by atoms with Crippen molar-refractivity contribution in [3.63, 3.8) is 0 Å². The molecule has 35 heavy (non-hydrogen) atoms. The van der Waals surface area contributed by atoms with E-state index in [2.05, 4.69) is 0 Å². The Hall–Kier alpha value is -4.06. The lowest BCUT2D eigenvalue weighted by molar-refractivity contribution is -0.132. The van der Waals surface area contributed by atoms with Crippen molar-refractivity contribution in [1.82, 2.24) is 0 Å². The summed E-state index contributed by atoms with van der Waals surface area (Å²) in [5.74, 6) is -1.34. The molecule has 3 aromatic carbocycles. The van der Waals surface area contributed by atoms with E-state index in [1.54, 1.807) is 30.3 Å². The second-order valence-electron chi connectivity index (χ2n) is 9.22. The van der Waals surface area contributed by atoms with Crippen LogP contribution < -0.4 is 9.64 Å². The zero-order valence-corrected chi connectivity index (χ0v) is 20.5. The number of nitrogens with zero attached hydrogens (tertiary/aromatic N) is 1. The van der Waals surface area contributed by atoms with Crippen LogP contribution in [0.25, 0.3) is 5.76 Å². The number of Topliss-reactive ketones (excluding diaryl/α,β-unsaturated/α-hetero) is 1. The van der Waals surface area contributed by atoms with Gasteiger partial charge in [-0.1, -0.05) is 35.9 Å². The van der Waals surface area contributed by atoms with Gasteiger partial charge in [-0.05, 0) is 81.6 Å². The number of phenolic OH excluding ortho intramolecular Hbond substituents is 1. The van der Waals surface area contributed by atoms with E-state index in [4.69, 9.17) is 4.74 Å². The fourth-order valence-corrected chi connectivity index (χ4v) is 4.40. The first-order valence-electron chi connectivity index (χ1n) is 11.5. The van der Waals surface area contributed by atoms with Gasteiger partial charge in [0.05, 0.1) is 23.4 Å². The van der Waals surface area contributed by atoms with Gasteiger partial charge in [0.2, 0.25) is 0 Å². The molecule has 1 amide bonds. The van der Waals surface area contributed by atoms with Gasteiger partial charge in [0.15, 0.2) is 0 Å². The van der Waals surface area contributed by atoms with E-state index >= 15 is 0 Å². The molecule has 1 heterocycles. The van der Waals surface area contributed by atoms with Crippen molar-refractivity contribution in [3.8, 4) is 11.5 Å². The van der Waals surface area contributed by atoms with Crippen LogP contribution in [-0.2, 0) is 9.59 Å². The summed E-state index contributed by atoms with van der Waals surface area (Å²) in [7, 11) is 0. The minimum absolute atomic E-state index is 0.0122. The van der Waals surface area contributed by atoms with Crippen LogP contribution in [0.5, 0.6) is 11.5 Å². The van der Waals surface area contributed by atoms with Crippen molar-refractivity contribution in [1.29, 1.82) is 0 Å². The molecular formula is C29H29NO5. The number of carbonyl (C=O) groups is 2. The van der Waals surface area contributed by atoms with Crippen LogP contribution in [0.4, 0.5) is 5.69 Å². The number of rotatable bonds is 5. The van der Waals surface area contributed by atoms with Crippen LogP contribution in [0.1, 0.15) is 47.7 Å². The number of amides is 1. The van der Waals surface area contributed by atoms with E-state index in [9.17, 15) is 19.8 Å². The number of aryl methyl sites for hydroxylation is 3. The molecule has 6 nitrogen and oxygen atoms in total. The summed E-state index contributed by atoms with van der Waals surface area (Å²) in [5.41, 5.74) is 3.80. The van der Waals surface area contributed by atoms with Crippen molar-refractivity contribution in [3.05, 3.63) is 94.1 Å². The largest absolute Gasteiger partial charge is 0.507 e. The minimum atomic E-state index is -0.908. The van der Waals surface area contributed by atoms with E-state index in [1.165, 1.54) is 11.0 Å². The molecule has 0 spiro atoms.